The van der Waals surface area contributed by atoms with Gasteiger partial charge in [0.2, 0.25) is 11.6 Å². The molecule has 0 unspecified atom stereocenters. The standard InChI is InChI=1S/C29H30ClN3O8/c1-12-24(35)14-9-17-23-22-15(25(36)13(2)29(40-5)27(22)38)8-16(32(23)3)18(10-31)33(17)19(11-41-20(34)6-7-30)21(14)26(37)28(12)39-4/h16-19,23H,6-9,11H2,1-5H3/t16-,17-,18-,19-,23-/m0/s1. The summed E-state index contributed by atoms with van der Waals surface area (Å²) in [7, 11) is 4.43. The van der Waals surface area contributed by atoms with E-state index >= 15 is 0 Å². The topological polar surface area (TPSA) is 143 Å². The Bertz CT molecular complexity index is 1460. The summed E-state index contributed by atoms with van der Waals surface area (Å²) in [4.78, 5) is 70.7. The first kappa shape index (κ1) is 28.9. The molecule has 5 aliphatic rings. The first-order chi connectivity index (χ1) is 19.5. The predicted molar refractivity (Wildman–Crippen MR) is 143 cm³/mol. The number of carbonyl (C=O) groups excluding carboxylic acids is 5. The molecule has 5 atom stereocenters. The number of piperazine rings is 1. The maximum atomic E-state index is 13.8. The second kappa shape index (κ2) is 10.7. The molecule has 0 aromatic carbocycles. The summed E-state index contributed by atoms with van der Waals surface area (Å²) >= 11 is 5.72. The lowest BCUT2D eigenvalue weighted by Crippen LogP contribution is -2.74. The summed E-state index contributed by atoms with van der Waals surface area (Å²) in [6.45, 7) is 2.74. The van der Waals surface area contributed by atoms with Crippen molar-refractivity contribution in [1.29, 1.82) is 5.26 Å². The minimum absolute atomic E-state index is 0.0313. The highest BCUT2D eigenvalue weighted by Gasteiger charge is 2.60. The molecular weight excluding hydrogens is 554 g/mol. The number of esters is 1. The van der Waals surface area contributed by atoms with Crippen molar-refractivity contribution in [1.82, 2.24) is 9.80 Å². The van der Waals surface area contributed by atoms with E-state index in [-0.39, 0.29) is 76.9 Å². The summed E-state index contributed by atoms with van der Waals surface area (Å²) < 4.78 is 16.2. The van der Waals surface area contributed by atoms with Crippen LogP contribution in [0.25, 0.3) is 0 Å². The smallest absolute Gasteiger partial charge is 0.307 e. The number of alkyl halides is 1. The van der Waals surface area contributed by atoms with E-state index in [0.29, 0.717) is 5.57 Å². The zero-order chi connectivity index (χ0) is 29.9. The predicted octanol–water partition coefficient (Wildman–Crippen LogP) is 1.32. The Balaban J connectivity index is 1.70. The Morgan fingerprint density at radius 2 is 1.46 bits per heavy atom. The molecule has 2 aliphatic carbocycles. The molecule has 5 rings (SSSR count). The van der Waals surface area contributed by atoms with Gasteiger partial charge in [0.15, 0.2) is 23.1 Å². The summed E-state index contributed by atoms with van der Waals surface area (Å²) in [5, 5.41) is 10.5. The molecular formula is C29H30ClN3O8. The lowest BCUT2D eigenvalue weighted by molar-refractivity contribution is -0.147. The van der Waals surface area contributed by atoms with E-state index < -0.39 is 53.5 Å². The van der Waals surface area contributed by atoms with Crippen molar-refractivity contribution >= 4 is 40.7 Å². The quantitative estimate of drug-likeness (QED) is 0.254. The number of hydrogen-bond acceptors (Lipinski definition) is 11. The van der Waals surface area contributed by atoms with E-state index in [4.69, 9.17) is 25.8 Å². The molecule has 0 aromatic heterocycles. The molecule has 2 bridgehead atoms. The Morgan fingerprint density at radius 1 is 0.927 bits per heavy atom. The fraction of sp³-hybridized carbons (Fsp3) is 0.517. The third-order valence-electron chi connectivity index (χ3n) is 8.91. The fourth-order valence-corrected chi connectivity index (χ4v) is 7.25. The molecule has 41 heavy (non-hydrogen) atoms. The minimum Gasteiger partial charge on any atom is -0.492 e. The van der Waals surface area contributed by atoms with Crippen LogP contribution in [0.5, 0.6) is 0 Å². The zero-order valence-corrected chi connectivity index (χ0v) is 24.2. The van der Waals surface area contributed by atoms with E-state index in [0.717, 1.165) is 0 Å². The molecule has 11 nitrogen and oxygen atoms in total. The maximum absolute atomic E-state index is 13.8. The Hall–Kier alpha value is -3.59. The molecule has 1 saturated heterocycles. The normalized spacial score (nSPS) is 30.2. The van der Waals surface area contributed by atoms with Crippen molar-refractivity contribution < 1.29 is 38.2 Å². The summed E-state index contributed by atoms with van der Waals surface area (Å²) in [6.07, 6.45) is 0.0961. The zero-order valence-electron chi connectivity index (χ0n) is 23.4. The number of nitrogens with zero attached hydrogens (tertiary/aromatic N) is 3. The van der Waals surface area contributed by atoms with Crippen LogP contribution in [0.1, 0.15) is 33.1 Å². The van der Waals surface area contributed by atoms with Crippen LogP contribution < -0.4 is 0 Å². The van der Waals surface area contributed by atoms with Gasteiger partial charge >= 0.3 is 5.97 Å². The number of carbonyl (C=O) groups is 5. The van der Waals surface area contributed by atoms with Crippen molar-refractivity contribution in [2.24, 2.45) is 0 Å². The summed E-state index contributed by atoms with van der Waals surface area (Å²) in [6, 6.07) is -1.39. The van der Waals surface area contributed by atoms with E-state index in [2.05, 4.69) is 6.07 Å². The van der Waals surface area contributed by atoms with Gasteiger partial charge in [-0.3, -0.25) is 33.8 Å². The first-order valence-corrected chi connectivity index (χ1v) is 13.8. The number of hydrogen-bond donors (Lipinski definition) is 0. The SMILES string of the molecule is COC1=C(C)C(=O)C2=C(C1=O)[C@@H]1[C@@H]3CC4=C(C(=O)C(OC)=C(C)C4=O)[C@H](COC(=O)CCCl)N3[C@@H](C#N)[C@H](C2)N1C. The molecule has 0 spiro atoms. The van der Waals surface area contributed by atoms with Gasteiger partial charge < -0.3 is 14.2 Å². The fourth-order valence-electron chi connectivity index (χ4n) is 7.10. The number of ether oxygens (including phenoxy) is 3. The van der Waals surface area contributed by atoms with Crippen LogP contribution in [-0.4, -0.2) is 103 Å². The van der Waals surface area contributed by atoms with Gasteiger partial charge in [0.05, 0.1) is 38.8 Å². The maximum Gasteiger partial charge on any atom is 0.307 e. The van der Waals surface area contributed by atoms with Gasteiger partial charge in [0.1, 0.15) is 12.6 Å². The molecule has 0 amide bonds. The van der Waals surface area contributed by atoms with Crippen molar-refractivity contribution in [2.45, 2.75) is 63.3 Å². The van der Waals surface area contributed by atoms with Gasteiger partial charge in [-0.25, -0.2) is 0 Å². The number of nitriles is 1. The Labute approximate surface area is 242 Å². The molecule has 216 valence electrons. The first-order valence-electron chi connectivity index (χ1n) is 13.3. The number of halogens is 1. The summed E-state index contributed by atoms with van der Waals surface area (Å²) in [5.41, 5.74) is 1.30. The van der Waals surface area contributed by atoms with Gasteiger partial charge in [-0.15, -0.1) is 11.6 Å². The third-order valence-corrected chi connectivity index (χ3v) is 9.10. The number of allylic oxidation sites excluding steroid dienone is 4. The van der Waals surface area contributed by atoms with E-state index in [1.165, 1.54) is 21.1 Å². The number of methoxy groups -OCH3 is 2. The average molecular weight is 584 g/mol. The lowest BCUT2D eigenvalue weighted by atomic mass is 9.67. The minimum atomic E-state index is -0.975. The third kappa shape index (κ3) is 4.11. The number of ketones is 4. The van der Waals surface area contributed by atoms with Crippen molar-refractivity contribution in [3.63, 3.8) is 0 Å². The number of likely N-dealkylation sites (N-methyl/N-ethyl adjacent to an activating group) is 1. The molecule has 3 aliphatic heterocycles. The highest BCUT2D eigenvalue weighted by atomic mass is 35.5. The number of Topliss-reactive ketones (excluding diaryl/α,β-unsaturated/α-hetero) is 4. The largest absolute Gasteiger partial charge is 0.492 e. The molecule has 0 saturated carbocycles. The van der Waals surface area contributed by atoms with Gasteiger partial charge in [-0.2, -0.15) is 5.26 Å². The molecule has 0 N–H and O–H groups in total. The van der Waals surface area contributed by atoms with Crippen LogP contribution >= 0.6 is 11.6 Å². The highest BCUT2D eigenvalue weighted by Crippen LogP contribution is 2.49. The lowest BCUT2D eigenvalue weighted by Gasteiger charge is -2.60. The average Bonchev–Trinajstić information content (AvgIpc) is 2.94. The van der Waals surface area contributed by atoms with Crippen LogP contribution in [0, 0.1) is 11.3 Å². The van der Waals surface area contributed by atoms with Crippen LogP contribution in [0.15, 0.2) is 45.0 Å². The van der Waals surface area contributed by atoms with Crippen LogP contribution in [0.2, 0.25) is 0 Å². The van der Waals surface area contributed by atoms with Gasteiger partial charge in [0.25, 0.3) is 0 Å². The second-order valence-electron chi connectivity index (χ2n) is 10.7. The van der Waals surface area contributed by atoms with Gasteiger partial charge in [0, 0.05) is 51.4 Å². The van der Waals surface area contributed by atoms with Crippen LogP contribution in [0.3, 0.4) is 0 Å². The van der Waals surface area contributed by atoms with Gasteiger partial charge in [-0.1, -0.05) is 0 Å². The van der Waals surface area contributed by atoms with E-state index in [1.807, 2.05) is 4.90 Å². The molecule has 0 radical (unpaired) electrons. The van der Waals surface area contributed by atoms with Crippen molar-refractivity contribution in [3.8, 4) is 6.07 Å². The van der Waals surface area contributed by atoms with E-state index in [9.17, 15) is 29.2 Å². The summed E-state index contributed by atoms with van der Waals surface area (Å²) in [5.74, 6) is -2.33. The molecule has 12 heteroatoms. The Kier molecular flexibility index (Phi) is 7.53. The molecule has 0 aromatic rings. The Morgan fingerprint density at radius 3 is 2.00 bits per heavy atom. The van der Waals surface area contributed by atoms with E-state index in [1.54, 1.807) is 18.9 Å². The number of rotatable bonds is 6. The van der Waals surface area contributed by atoms with Crippen LogP contribution in [-0.2, 0) is 38.2 Å². The van der Waals surface area contributed by atoms with Crippen molar-refractivity contribution in [2.75, 3.05) is 33.8 Å². The van der Waals surface area contributed by atoms with Crippen molar-refractivity contribution in [3.05, 3.63) is 45.0 Å². The molecule has 1 fully saturated rings. The molecule has 3 heterocycles. The number of fused-ring (bicyclic) bond motifs is 5. The monoisotopic (exact) mass is 583 g/mol. The van der Waals surface area contributed by atoms with Gasteiger partial charge in [-0.05, 0) is 33.7 Å². The highest BCUT2D eigenvalue weighted by molar-refractivity contribution is 6.26. The van der Waals surface area contributed by atoms with Crippen LogP contribution in [0.4, 0.5) is 0 Å². The second-order valence-corrected chi connectivity index (χ2v) is 11.1.